The minimum atomic E-state index is -0.0844. The van der Waals surface area contributed by atoms with Crippen LogP contribution in [0, 0.1) is 13.8 Å². The van der Waals surface area contributed by atoms with Gasteiger partial charge in [0.25, 0.3) is 0 Å². The lowest BCUT2D eigenvalue weighted by Gasteiger charge is -2.26. The second-order valence-corrected chi connectivity index (χ2v) is 6.67. The van der Waals surface area contributed by atoms with Crippen molar-refractivity contribution in [3.63, 3.8) is 0 Å². The predicted molar refractivity (Wildman–Crippen MR) is 103 cm³/mol. The molecule has 1 N–H and O–H groups in total. The predicted octanol–water partition coefficient (Wildman–Crippen LogP) is 4.47. The van der Waals surface area contributed by atoms with Gasteiger partial charge in [-0.2, -0.15) is 0 Å². The summed E-state index contributed by atoms with van der Waals surface area (Å²) in [7, 11) is 0. The molecule has 0 amide bonds. The highest BCUT2D eigenvalue weighted by Crippen LogP contribution is 2.41. The molecule has 1 saturated heterocycles. The molecule has 1 aliphatic rings. The molecule has 0 unspecified atom stereocenters. The van der Waals surface area contributed by atoms with Crippen molar-refractivity contribution in [2.45, 2.75) is 25.9 Å². The van der Waals surface area contributed by atoms with Crippen LogP contribution in [0.4, 0.5) is 5.69 Å². The van der Waals surface area contributed by atoms with Crippen LogP contribution in [0.25, 0.3) is 0 Å². The van der Waals surface area contributed by atoms with Crippen molar-refractivity contribution < 1.29 is 4.42 Å². The highest BCUT2D eigenvalue weighted by Gasteiger charge is 2.42. The van der Waals surface area contributed by atoms with Gasteiger partial charge in [-0.1, -0.05) is 23.8 Å². The molecule has 2 aromatic heterocycles. The molecule has 4 rings (SSSR count). The second-order valence-electron chi connectivity index (χ2n) is 6.28. The molecule has 5 heteroatoms. The number of rotatable bonds is 3. The Morgan fingerprint density at radius 1 is 1.04 bits per heavy atom. The zero-order chi connectivity index (χ0) is 17.4. The van der Waals surface area contributed by atoms with Crippen molar-refractivity contribution in [1.29, 1.82) is 0 Å². The summed E-state index contributed by atoms with van der Waals surface area (Å²) >= 11 is 5.66. The summed E-state index contributed by atoms with van der Waals surface area (Å²) in [6.07, 6.45) is 1.80. The molecular weight excluding hydrogens is 330 g/mol. The smallest absolute Gasteiger partial charge is 0.174 e. The van der Waals surface area contributed by atoms with E-state index < -0.39 is 0 Å². The molecule has 4 nitrogen and oxygen atoms in total. The molecule has 0 bridgehead atoms. The van der Waals surface area contributed by atoms with Crippen LogP contribution in [0.2, 0.25) is 0 Å². The first-order chi connectivity index (χ1) is 12.1. The van der Waals surface area contributed by atoms with Gasteiger partial charge in [-0.3, -0.25) is 4.98 Å². The average Bonchev–Trinajstić information content (AvgIpc) is 3.20. The van der Waals surface area contributed by atoms with E-state index in [2.05, 4.69) is 46.4 Å². The van der Waals surface area contributed by atoms with E-state index in [-0.39, 0.29) is 12.1 Å². The van der Waals surface area contributed by atoms with E-state index in [1.54, 1.807) is 6.20 Å². The van der Waals surface area contributed by atoms with Crippen LogP contribution in [0.15, 0.2) is 65.2 Å². The molecule has 1 fully saturated rings. The molecule has 3 aromatic rings. The summed E-state index contributed by atoms with van der Waals surface area (Å²) in [5.41, 5.74) is 3.20. The molecule has 1 aliphatic heterocycles. The Hall–Kier alpha value is -2.66. The number of thiocarbonyl (C=S) groups is 1. The van der Waals surface area contributed by atoms with E-state index in [0.29, 0.717) is 5.11 Å². The Bertz CT molecular complexity index is 889. The fourth-order valence-electron chi connectivity index (χ4n) is 3.24. The van der Waals surface area contributed by atoms with Crippen molar-refractivity contribution in [2.75, 3.05) is 4.90 Å². The zero-order valence-corrected chi connectivity index (χ0v) is 15.0. The van der Waals surface area contributed by atoms with Gasteiger partial charge in [-0.25, -0.2) is 0 Å². The third kappa shape index (κ3) is 2.91. The summed E-state index contributed by atoms with van der Waals surface area (Å²) in [5.74, 6) is 1.76. The lowest BCUT2D eigenvalue weighted by Crippen LogP contribution is -2.29. The minimum absolute atomic E-state index is 0.0689. The highest BCUT2D eigenvalue weighted by molar-refractivity contribution is 7.80. The van der Waals surface area contributed by atoms with Gasteiger partial charge < -0.3 is 14.6 Å². The van der Waals surface area contributed by atoms with Crippen LogP contribution < -0.4 is 10.2 Å². The normalized spacial score (nSPS) is 19.9. The van der Waals surface area contributed by atoms with Crippen LogP contribution in [0.1, 0.15) is 34.9 Å². The number of nitrogens with one attached hydrogen (secondary N) is 1. The van der Waals surface area contributed by atoms with Crippen molar-refractivity contribution in [1.82, 2.24) is 10.3 Å². The van der Waals surface area contributed by atoms with E-state index in [1.165, 1.54) is 5.56 Å². The Kier molecular flexibility index (Phi) is 4.01. The van der Waals surface area contributed by atoms with Crippen LogP contribution in [-0.2, 0) is 0 Å². The Labute approximate surface area is 152 Å². The number of anilines is 1. The monoisotopic (exact) mass is 349 g/mol. The molecule has 0 spiro atoms. The van der Waals surface area contributed by atoms with Gasteiger partial charge in [0.1, 0.15) is 17.6 Å². The number of furan rings is 1. The number of pyridine rings is 1. The summed E-state index contributed by atoms with van der Waals surface area (Å²) in [4.78, 5) is 6.65. The first kappa shape index (κ1) is 15.8. The molecule has 126 valence electrons. The van der Waals surface area contributed by atoms with Gasteiger partial charge in [0.05, 0.1) is 11.7 Å². The molecule has 0 radical (unpaired) electrons. The molecule has 1 aromatic carbocycles. The van der Waals surface area contributed by atoms with Gasteiger partial charge in [0.2, 0.25) is 0 Å². The lowest BCUT2D eigenvalue weighted by atomic mass is 10.0. The maximum atomic E-state index is 5.97. The second kappa shape index (κ2) is 6.33. The zero-order valence-electron chi connectivity index (χ0n) is 14.1. The van der Waals surface area contributed by atoms with Crippen LogP contribution in [0.3, 0.4) is 0 Å². The van der Waals surface area contributed by atoms with E-state index in [4.69, 9.17) is 16.6 Å². The van der Waals surface area contributed by atoms with Gasteiger partial charge in [0.15, 0.2) is 5.11 Å². The van der Waals surface area contributed by atoms with E-state index in [1.807, 2.05) is 37.3 Å². The molecule has 2 atom stereocenters. The Balaban J connectivity index is 1.81. The number of aromatic nitrogens is 1. The number of hydrogen-bond donors (Lipinski definition) is 1. The highest BCUT2D eigenvalue weighted by atomic mass is 32.1. The van der Waals surface area contributed by atoms with Gasteiger partial charge >= 0.3 is 0 Å². The summed E-state index contributed by atoms with van der Waals surface area (Å²) in [5, 5.41) is 4.11. The largest absolute Gasteiger partial charge is 0.464 e. The van der Waals surface area contributed by atoms with Crippen LogP contribution in [0.5, 0.6) is 0 Å². The van der Waals surface area contributed by atoms with E-state index >= 15 is 0 Å². The average molecular weight is 349 g/mol. The van der Waals surface area contributed by atoms with Crippen molar-refractivity contribution in [2.24, 2.45) is 0 Å². The van der Waals surface area contributed by atoms with Crippen LogP contribution >= 0.6 is 12.2 Å². The number of nitrogens with zero attached hydrogens (tertiary/aromatic N) is 2. The van der Waals surface area contributed by atoms with Gasteiger partial charge in [-0.15, -0.1) is 0 Å². The standard InChI is InChI=1S/C20H19N3OS/c1-13-6-9-15(10-7-13)23-19(17-11-8-14(2)24-17)18(22-20(23)25)16-5-3-4-12-21-16/h3-12,18-19H,1-2H3,(H,22,25)/t18-,19-/m0/s1. The van der Waals surface area contributed by atoms with E-state index in [9.17, 15) is 0 Å². The fourth-order valence-corrected chi connectivity index (χ4v) is 3.59. The fraction of sp³-hybridized carbons (Fsp3) is 0.200. The molecular formula is C20H19N3OS. The minimum Gasteiger partial charge on any atom is -0.464 e. The van der Waals surface area contributed by atoms with Gasteiger partial charge in [0, 0.05) is 11.9 Å². The third-order valence-corrected chi connectivity index (χ3v) is 4.78. The lowest BCUT2D eigenvalue weighted by molar-refractivity contribution is 0.418. The SMILES string of the molecule is Cc1ccc(N2C(=S)N[C@@H](c3ccccn3)[C@@H]2c2ccc(C)o2)cc1. The summed E-state index contributed by atoms with van der Waals surface area (Å²) in [6.45, 7) is 4.03. The summed E-state index contributed by atoms with van der Waals surface area (Å²) in [6, 6.07) is 18.1. The Morgan fingerprint density at radius 3 is 2.48 bits per heavy atom. The summed E-state index contributed by atoms with van der Waals surface area (Å²) < 4.78 is 5.97. The molecule has 3 heterocycles. The Morgan fingerprint density at radius 2 is 1.84 bits per heavy atom. The molecule has 25 heavy (non-hydrogen) atoms. The maximum absolute atomic E-state index is 5.97. The van der Waals surface area contributed by atoms with Crippen molar-refractivity contribution >= 4 is 23.0 Å². The number of benzene rings is 1. The molecule has 0 saturated carbocycles. The third-order valence-electron chi connectivity index (χ3n) is 4.46. The number of aryl methyl sites for hydroxylation is 2. The molecule has 0 aliphatic carbocycles. The first-order valence-corrected chi connectivity index (χ1v) is 8.68. The topological polar surface area (TPSA) is 41.3 Å². The van der Waals surface area contributed by atoms with Crippen LogP contribution in [-0.4, -0.2) is 10.1 Å². The first-order valence-electron chi connectivity index (χ1n) is 8.27. The maximum Gasteiger partial charge on any atom is 0.174 e. The van der Waals surface area contributed by atoms with Gasteiger partial charge in [-0.05, 0) is 62.5 Å². The number of hydrogen-bond acceptors (Lipinski definition) is 3. The van der Waals surface area contributed by atoms with Crippen molar-refractivity contribution in [3.05, 3.63) is 83.6 Å². The van der Waals surface area contributed by atoms with E-state index in [0.717, 1.165) is 22.9 Å². The van der Waals surface area contributed by atoms with Crippen molar-refractivity contribution in [3.8, 4) is 0 Å². The quantitative estimate of drug-likeness (QED) is 0.707.